The van der Waals surface area contributed by atoms with Crippen LogP contribution in [-0.2, 0) is 0 Å². The number of nitrogens with zero attached hydrogens (tertiary/aromatic N) is 1. The van der Waals surface area contributed by atoms with Crippen LogP contribution in [0.15, 0.2) is 200 Å². The van der Waals surface area contributed by atoms with Crippen LogP contribution in [0.5, 0.6) is 0 Å². The third-order valence-electron chi connectivity index (χ3n) is 11.3. The maximum Gasteiger partial charge on any atom is 0.0998 e. The van der Waals surface area contributed by atoms with E-state index in [1.54, 1.807) is 0 Å². The minimum absolute atomic E-state index is 0.659. The van der Waals surface area contributed by atoms with E-state index in [0.29, 0.717) is 5.56 Å². The van der Waals surface area contributed by atoms with Gasteiger partial charge in [-0.2, -0.15) is 5.26 Å². The molecule has 11 aromatic rings. The summed E-state index contributed by atoms with van der Waals surface area (Å²) < 4.78 is 5.17. The molecule has 0 aliphatic heterocycles. The second-order valence-electron chi connectivity index (χ2n) is 14.8. The van der Waals surface area contributed by atoms with Crippen molar-refractivity contribution in [1.82, 2.24) is 0 Å². The molecule has 270 valence electrons. The van der Waals surface area contributed by atoms with Crippen molar-refractivity contribution in [2.75, 3.05) is 0 Å². The Bertz CT molecular complexity index is 3270. The highest BCUT2D eigenvalue weighted by Crippen LogP contribution is 2.47. The van der Waals surface area contributed by atoms with Gasteiger partial charge in [0.05, 0.1) is 11.6 Å². The molecule has 2 heterocycles. The van der Waals surface area contributed by atoms with E-state index in [9.17, 15) is 5.26 Å². The Morgan fingerprint density at radius 3 is 1.33 bits per heavy atom. The summed E-state index contributed by atoms with van der Waals surface area (Å²) in [5.74, 6) is 0. The molecule has 58 heavy (non-hydrogen) atoms. The third kappa shape index (κ3) is 5.90. The molecule has 0 bridgehead atoms. The van der Waals surface area contributed by atoms with Gasteiger partial charge in [-0.15, -0.1) is 22.7 Å². The van der Waals surface area contributed by atoms with Gasteiger partial charge in [-0.1, -0.05) is 127 Å². The van der Waals surface area contributed by atoms with Crippen LogP contribution in [-0.4, -0.2) is 0 Å². The Labute approximate surface area is 345 Å². The first-order valence-electron chi connectivity index (χ1n) is 19.5. The van der Waals surface area contributed by atoms with Gasteiger partial charge in [0.1, 0.15) is 0 Å². The van der Waals surface area contributed by atoms with E-state index in [0.717, 1.165) is 33.4 Å². The SMILES string of the molecule is N#Cc1ccccc1-c1cc(-c2ccccc2)cc(-c2cc(-c3ccc4sc5ccccc5c4c3)c(-c3ccccc3)c(-c3ccc4sc5ccccc5c4c3)c2)c1. The summed E-state index contributed by atoms with van der Waals surface area (Å²) in [6, 6.07) is 74.8. The van der Waals surface area contributed by atoms with Gasteiger partial charge < -0.3 is 0 Å². The Morgan fingerprint density at radius 1 is 0.293 bits per heavy atom. The summed E-state index contributed by atoms with van der Waals surface area (Å²) >= 11 is 3.70. The first-order chi connectivity index (χ1) is 28.7. The van der Waals surface area contributed by atoms with Crippen LogP contribution in [0.2, 0.25) is 0 Å². The molecule has 0 saturated carbocycles. The van der Waals surface area contributed by atoms with Crippen molar-refractivity contribution in [2.24, 2.45) is 0 Å². The zero-order valence-electron chi connectivity index (χ0n) is 31.3. The van der Waals surface area contributed by atoms with Gasteiger partial charge in [-0.05, 0) is 140 Å². The second kappa shape index (κ2) is 14.1. The van der Waals surface area contributed by atoms with Crippen LogP contribution < -0.4 is 0 Å². The largest absolute Gasteiger partial charge is 0.192 e. The molecule has 9 aromatic carbocycles. The standard InChI is InChI=1S/C55H33NS2/c56-34-39-17-7-8-18-44(39)43-28-40(35-13-3-1-4-14-35)27-41(29-43)42-32-47(37-23-25-53-49(30-37)45-19-9-11-21-51(45)57-53)55(36-15-5-2-6-16-36)48(33-42)38-24-26-54-50(31-38)46-20-10-12-22-52(46)58-54/h1-33H. The lowest BCUT2D eigenvalue weighted by Gasteiger charge is -2.20. The minimum Gasteiger partial charge on any atom is -0.192 e. The van der Waals surface area contributed by atoms with E-state index < -0.39 is 0 Å². The van der Waals surface area contributed by atoms with E-state index in [-0.39, 0.29) is 0 Å². The van der Waals surface area contributed by atoms with Gasteiger partial charge in [0.15, 0.2) is 0 Å². The summed E-state index contributed by atoms with van der Waals surface area (Å²) in [5.41, 5.74) is 14.1. The van der Waals surface area contributed by atoms with E-state index in [4.69, 9.17) is 0 Å². The lowest BCUT2D eigenvalue weighted by molar-refractivity contribution is 1.47. The third-order valence-corrected chi connectivity index (χ3v) is 13.6. The van der Waals surface area contributed by atoms with Crippen molar-refractivity contribution in [3.63, 3.8) is 0 Å². The van der Waals surface area contributed by atoms with E-state index in [1.165, 1.54) is 73.7 Å². The molecule has 11 rings (SSSR count). The number of hydrogen-bond acceptors (Lipinski definition) is 3. The number of nitriles is 1. The number of rotatable bonds is 6. The summed E-state index contributed by atoms with van der Waals surface area (Å²) in [4.78, 5) is 0. The number of thiophene rings is 2. The number of hydrogen-bond donors (Lipinski definition) is 0. The predicted octanol–water partition coefficient (Wildman–Crippen LogP) is 16.3. The molecular formula is C55H33NS2. The fourth-order valence-corrected chi connectivity index (χ4v) is 10.7. The molecule has 0 radical (unpaired) electrons. The van der Waals surface area contributed by atoms with Crippen molar-refractivity contribution in [3.05, 3.63) is 206 Å². The molecule has 0 amide bonds. The summed E-state index contributed by atoms with van der Waals surface area (Å²) in [6.07, 6.45) is 0. The van der Waals surface area contributed by atoms with Crippen molar-refractivity contribution in [2.45, 2.75) is 0 Å². The number of fused-ring (bicyclic) bond motifs is 6. The van der Waals surface area contributed by atoms with E-state index in [1.807, 2.05) is 40.9 Å². The molecule has 0 fully saturated rings. The molecular weight excluding hydrogens is 739 g/mol. The molecule has 0 unspecified atom stereocenters. The lowest BCUT2D eigenvalue weighted by atomic mass is 9.83. The molecule has 0 aliphatic rings. The molecule has 0 N–H and O–H groups in total. The quantitative estimate of drug-likeness (QED) is 0.165. The lowest BCUT2D eigenvalue weighted by Crippen LogP contribution is -1.94. The van der Waals surface area contributed by atoms with Gasteiger partial charge >= 0.3 is 0 Å². The average Bonchev–Trinajstić information content (AvgIpc) is 3.86. The predicted molar refractivity (Wildman–Crippen MR) is 250 cm³/mol. The maximum absolute atomic E-state index is 10.2. The first-order valence-corrected chi connectivity index (χ1v) is 21.1. The molecule has 0 saturated heterocycles. The van der Waals surface area contributed by atoms with Crippen molar-refractivity contribution >= 4 is 63.0 Å². The molecule has 1 nitrogen and oxygen atoms in total. The molecule has 0 aliphatic carbocycles. The second-order valence-corrected chi connectivity index (χ2v) is 16.9. The Morgan fingerprint density at radius 2 is 0.741 bits per heavy atom. The van der Waals surface area contributed by atoms with Crippen LogP contribution in [0.1, 0.15) is 5.56 Å². The minimum atomic E-state index is 0.659. The fraction of sp³-hybridized carbons (Fsp3) is 0. The molecule has 0 atom stereocenters. The van der Waals surface area contributed by atoms with Crippen LogP contribution in [0.3, 0.4) is 0 Å². The molecule has 2 aromatic heterocycles. The van der Waals surface area contributed by atoms with Gasteiger partial charge in [-0.3, -0.25) is 0 Å². The van der Waals surface area contributed by atoms with Gasteiger partial charge in [0.2, 0.25) is 0 Å². The van der Waals surface area contributed by atoms with Crippen LogP contribution in [0, 0.1) is 11.3 Å². The Balaban J connectivity index is 1.24. The molecule has 0 spiro atoms. The summed E-state index contributed by atoms with van der Waals surface area (Å²) in [7, 11) is 0. The van der Waals surface area contributed by atoms with Crippen LogP contribution >= 0.6 is 22.7 Å². The maximum atomic E-state index is 10.2. The van der Waals surface area contributed by atoms with Gasteiger partial charge in [0.25, 0.3) is 0 Å². The fourth-order valence-electron chi connectivity index (χ4n) is 8.55. The van der Waals surface area contributed by atoms with E-state index in [2.05, 4.69) is 188 Å². The van der Waals surface area contributed by atoms with Crippen LogP contribution in [0.25, 0.3) is 107 Å². The van der Waals surface area contributed by atoms with Crippen LogP contribution in [0.4, 0.5) is 0 Å². The van der Waals surface area contributed by atoms with Crippen molar-refractivity contribution in [3.8, 4) is 72.8 Å². The van der Waals surface area contributed by atoms with E-state index >= 15 is 0 Å². The summed E-state index contributed by atoms with van der Waals surface area (Å²) in [5, 5.41) is 15.3. The zero-order valence-corrected chi connectivity index (χ0v) is 32.9. The topological polar surface area (TPSA) is 23.8 Å². The molecule has 3 heteroatoms. The first kappa shape index (κ1) is 34.2. The smallest absolute Gasteiger partial charge is 0.0998 e. The number of benzene rings is 9. The van der Waals surface area contributed by atoms with Crippen molar-refractivity contribution < 1.29 is 0 Å². The Kier molecular flexibility index (Phi) is 8.33. The zero-order chi connectivity index (χ0) is 38.6. The van der Waals surface area contributed by atoms with Crippen molar-refractivity contribution in [1.29, 1.82) is 5.26 Å². The van der Waals surface area contributed by atoms with Gasteiger partial charge in [0, 0.05) is 40.3 Å². The average molecular weight is 772 g/mol. The summed E-state index contributed by atoms with van der Waals surface area (Å²) in [6.45, 7) is 0. The normalized spacial score (nSPS) is 11.4. The highest BCUT2D eigenvalue weighted by atomic mass is 32.1. The monoisotopic (exact) mass is 771 g/mol. The highest BCUT2D eigenvalue weighted by molar-refractivity contribution is 7.26. The van der Waals surface area contributed by atoms with Gasteiger partial charge in [-0.25, -0.2) is 0 Å². The highest BCUT2D eigenvalue weighted by Gasteiger charge is 2.20. The Hall–Kier alpha value is -7.09.